The molecule has 10 nitrogen and oxygen atoms in total. The van der Waals surface area contributed by atoms with E-state index in [1.165, 1.54) is 0 Å². The van der Waals surface area contributed by atoms with E-state index < -0.39 is 24.0 Å². The zero-order valence-electron chi connectivity index (χ0n) is 28.2. The molecule has 2 heterocycles. The summed E-state index contributed by atoms with van der Waals surface area (Å²) in [5.74, 6) is -1.62. The van der Waals surface area contributed by atoms with Gasteiger partial charge in [0, 0.05) is 32.0 Å². The molecule has 0 bridgehead atoms. The van der Waals surface area contributed by atoms with Crippen LogP contribution in [0.2, 0.25) is 0 Å². The van der Waals surface area contributed by atoms with Crippen LogP contribution in [0.15, 0.2) is 91.0 Å². The third-order valence-electron chi connectivity index (χ3n) is 9.92. The Bertz CT molecular complexity index is 1650. The summed E-state index contributed by atoms with van der Waals surface area (Å²) in [7, 11) is 0. The van der Waals surface area contributed by atoms with Crippen molar-refractivity contribution >= 4 is 23.9 Å². The maximum atomic E-state index is 13.9. The summed E-state index contributed by atoms with van der Waals surface area (Å²) in [6.45, 7) is 0.985. The molecule has 3 aromatic carbocycles. The lowest BCUT2D eigenvalue weighted by atomic mass is 9.97. The van der Waals surface area contributed by atoms with Crippen molar-refractivity contribution < 1.29 is 33.8 Å². The number of hydrogen-bond donors (Lipinski definition) is 2. The molecular formula is C40H45N3O7. The van der Waals surface area contributed by atoms with Gasteiger partial charge in [0.25, 0.3) is 0 Å². The summed E-state index contributed by atoms with van der Waals surface area (Å²) >= 11 is 0. The summed E-state index contributed by atoms with van der Waals surface area (Å²) in [5, 5.41) is 12.4. The lowest BCUT2D eigenvalue weighted by Crippen LogP contribution is -2.46. The van der Waals surface area contributed by atoms with Crippen molar-refractivity contribution in [3.8, 4) is 11.1 Å². The first-order valence-corrected chi connectivity index (χ1v) is 17.6. The Morgan fingerprint density at radius 1 is 0.920 bits per heavy atom. The molecule has 0 spiro atoms. The number of nitrogens with one attached hydrogen (secondary N) is 1. The zero-order valence-corrected chi connectivity index (χ0v) is 28.2. The molecular weight excluding hydrogens is 634 g/mol. The van der Waals surface area contributed by atoms with Gasteiger partial charge < -0.3 is 29.7 Å². The third-order valence-corrected chi connectivity index (χ3v) is 9.92. The molecule has 2 aliphatic heterocycles. The molecule has 10 heteroatoms. The first-order valence-electron chi connectivity index (χ1n) is 17.6. The van der Waals surface area contributed by atoms with E-state index in [4.69, 9.17) is 9.47 Å². The molecule has 0 unspecified atom stereocenters. The molecule has 6 rings (SSSR count). The van der Waals surface area contributed by atoms with Crippen molar-refractivity contribution in [2.24, 2.45) is 5.92 Å². The number of fused-ring (bicyclic) bond motifs is 4. The number of carbonyl (C=O) groups is 4. The molecule has 1 saturated heterocycles. The number of rotatable bonds is 9. The summed E-state index contributed by atoms with van der Waals surface area (Å²) in [6, 6.07) is 24.5. The largest absolute Gasteiger partial charge is 0.462 e. The first-order chi connectivity index (χ1) is 24.4. The SMILES string of the molecule is O=C(N[C@@H]1CCC=CC[C@H](CC(=O)N(CCO)Cc2ccccc2)C(=O)N2CCC[C@H]2COC1=O)OCC1c2ccccc2-c2ccccc21. The Morgan fingerprint density at radius 3 is 2.34 bits per heavy atom. The minimum Gasteiger partial charge on any atom is -0.462 e. The van der Waals surface area contributed by atoms with E-state index in [1.807, 2.05) is 78.9 Å². The Balaban J connectivity index is 1.10. The molecule has 50 heavy (non-hydrogen) atoms. The fourth-order valence-electron chi connectivity index (χ4n) is 7.31. The van der Waals surface area contributed by atoms with Gasteiger partial charge in [-0.05, 0) is 59.9 Å². The van der Waals surface area contributed by atoms with Gasteiger partial charge in [-0.1, -0.05) is 91.0 Å². The van der Waals surface area contributed by atoms with Crippen LogP contribution < -0.4 is 5.32 Å². The molecule has 1 aliphatic carbocycles. The predicted molar refractivity (Wildman–Crippen MR) is 188 cm³/mol. The van der Waals surface area contributed by atoms with Crippen LogP contribution in [0.5, 0.6) is 0 Å². The highest BCUT2D eigenvalue weighted by Gasteiger charge is 2.36. The number of allylic oxidation sites excluding steroid dienone is 2. The second-order valence-corrected chi connectivity index (χ2v) is 13.2. The number of alkyl carbamates (subject to hydrolysis) is 1. The van der Waals surface area contributed by atoms with Gasteiger partial charge in [-0.2, -0.15) is 0 Å². The highest BCUT2D eigenvalue weighted by atomic mass is 16.6. The van der Waals surface area contributed by atoms with Crippen molar-refractivity contribution in [2.75, 3.05) is 32.9 Å². The van der Waals surface area contributed by atoms with Gasteiger partial charge in [0.15, 0.2) is 0 Å². The van der Waals surface area contributed by atoms with Gasteiger partial charge in [0.2, 0.25) is 11.8 Å². The van der Waals surface area contributed by atoms with Gasteiger partial charge >= 0.3 is 12.1 Å². The number of nitrogens with zero attached hydrogens (tertiary/aromatic N) is 2. The van der Waals surface area contributed by atoms with Crippen LogP contribution in [-0.4, -0.2) is 83.8 Å². The topological polar surface area (TPSA) is 125 Å². The molecule has 2 N–H and O–H groups in total. The van der Waals surface area contributed by atoms with Crippen LogP contribution >= 0.6 is 0 Å². The minimum absolute atomic E-state index is 0.00494. The van der Waals surface area contributed by atoms with Crippen molar-refractivity contribution in [2.45, 2.75) is 63.1 Å². The molecule has 3 aliphatic rings. The van der Waals surface area contributed by atoms with Gasteiger partial charge in [0.1, 0.15) is 19.3 Å². The van der Waals surface area contributed by atoms with Crippen LogP contribution in [0.25, 0.3) is 11.1 Å². The first kappa shape index (κ1) is 34.9. The fourth-order valence-corrected chi connectivity index (χ4v) is 7.31. The van der Waals surface area contributed by atoms with E-state index in [0.29, 0.717) is 32.4 Å². The van der Waals surface area contributed by atoms with Crippen molar-refractivity contribution in [1.29, 1.82) is 0 Å². The van der Waals surface area contributed by atoms with E-state index in [-0.39, 0.29) is 63.0 Å². The molecule has 0 radical (unpaired) electrons. The zero-order chi connectivity index (χ0) is 34.9. The second kappa shape index (κ2) is 16.6. The smallest absolute Gasteiger partial charge is 0.407 e. The quantitative estimate of drug-likeness (QED) is 0.236. The lowest BCUT2D eigenvalue weighted by Gasteiger charge is -2.30. The van der Waals surface area contributed by atoms with E-state index in [9.17, 15) is 24.3 Å². The van der Waals surface area contributed by atoms with Crippen LogP contribution in [-0.2, 0) is 30.4 Å². The Kier molecular flexibility index (Phi) is 11.6. The summed E-state index contributed by atoms with van der Waals surface area (Å²) in [6.07, 6.45) is 5.57. The molecule has 3 amide bonds. The van der Waals surface area contributed by atoms with Crippen molar-refractivity contribution in [3.05, 3.63) is 108 Å². The van der Waals surface area contributed by atoms with E-state index in [2.05, 4.69) is 17.4 Å². The molecule has 0 saturated carbocycles. The van der Waals surface area contributed by atoms with Crippen molar-refractivity contribution in [1.82, 2.24) is 15.1 Å². The monoisotopic (exact) mass is 679 g/mol. The van der Waals surface area contributed by atoms with E-state index >= 15 is 0 Å². The molecule has 3 aromatic rings. The molecule has 262 valence electrons. The Morgan fingerprint density at radius 2 is 1.62 bits per heavy atom. The highest BCUT2D eigenvalue weighted by molar-refractivity contribution is 5.87. The molecule has 1 fully saturated rings. The van der Waals surface area contributed by atoms with Gasteiger partial charge in [0.05, 0.1) is 18.6 Å². The maximum absolute atomic E-state index is 13.9. The van der Waals surface area contributed by atoms with E-state index in [0.717, 1.165) is 34.2 Å². The summed E-state index contributed by atoms with van der Waals surface area (Å²) < 4.78 is 11.4. The maximum Gasteiger partial charge on any atom is 0.407 e. The normalized spacial score (nSPS) is 20.7. The van der Waals surface area contributed by atoms with Gasteiger partial charge in [-0.25, -0.2) is 9.59 Å². The van der Waals surface area contributed by atoms with Crippen LogP contribution in [0.4, 0.5) is 4.79 Å². The number of aliphatic hydroxyl groups is 1. The number of carbonyl (C=O) groups excluding carboxylic acids is 4. The summed E-state index contributed by atoms with van der Waals surface area (Å²) in [5.41, 5.74) is 5.40. The van der Waals surface area contributed by atoms with Crippen LogP contribution in [0.3, 0.4) is 0 Å². The average Bonchev–Trinajstić information content (AvgIpc) is 3.74. The minimum atomic E-state index is -0.927. The number of amides is 3. The third kappa shape index (κ3) is 8.25. The predicted octanol–water partition coefficient (Wildman–Crippen LogP) is 5.20. The number of ether oxygens (including phenoxy) is 2. The van der Waals surface area contributed by atoms with E-state index in [1.54, 1.807) is 9.80 Å². The number of benzene rings is 3. The highest BCUT2D eigenvalue weighted by Crippen LogP contribution is 2.44. The number of esters is 1. The van der Waals surface area contributed by atoms with Gasteiger partial charge in [-0.3, -0.25) is 9.59 Å². The summed E-state index contributed by atoms with van der Waals surface area (Å²) in [4.78, 5) is 57.1. The number of cyclic esters (lactones) is 1. The number of aliphatic hydroxyl groups excluding tert-OH is 1. The van der Waals surface area contributed by atoms with Crippen LogP contribution in [0.1, 0.15) is 61.1 Å². The Labute approximate surface area is 293 Å². The van der Waals surface area contributed by atoms with Gasteiger partial charge in [-0.15, -0.1) is 0 Å². The van der Waals surface area contributed by atoms with Crippen molar-refractivity contribution in [3.63, 3.8) is 0 Å². The number of hydrogen-bond acceptors (Lipinski definition) is 7. The molecule has 3 atom stereocenters. The van der Waals surface area contributed by atoms with Crippen LogP contribution in [0, 0.1) is 5.92 Å². The average molecular weight is 680 g/mol. The second-order valence-electron chi connectivity index (χ2n) is 13.2. The Hall–Kier alpha value is -4.96. The standard InChI is InChI=1S/C40H45N3O7/c44-23-22-42(25-28-12-3-1-4-13-28)37(45)24-29-14-5-2-6-20-36(39(47)49-26-30-15-11-21-43(30)38(29)46)41-40(48)50-27-35-33-18-9-7-16-31(33)32-17-8-10-19-34(32)35/h1-5,7-10,12-13,16-19,29-30,35-36,44H,6,11,14-15,20-27H2,(H,41,48)/t29-,30+,36-/m1/s1. The fraction of sp³-hybridized carbons (Fsp3) is 0.400. The lowest BCUT2D eigenvalue weighted by molar-refractivity contribution is -0.150. The molecule has 0 aromatic heterocycles.